The zero-order valence-corrected chi connectivity index (χ0v) is 24.9. The molecule has 0 unspecified atom stereocenters. The third-order valence-corrected chi connectivity index (χ3v) is 8.22. The molecular weight excluding hydrogens is 550 g/mol. The van der Waals surface area contributed by atoms with Gasteiger partial charge < -0.3 is 15.0 Å². The largest absolute Gasteiger partial charge is 0.372 e. The van der Waals surface area contributed by atoms with Gasteiger partial charge in [0.1, 0.15) is 6.04 Å². The molecule has 0 aromatic heterocycles. The molecule has 226 valence electrons. The van der Waals surface area contributed by atoms with Gasteiger partial charge in [-0.05, 0) is 64.7 Å². The quantitative estimate of drug-likeness (QED) is 0.0758. The van der Waals surface area contributed by atoms with Crippen molar-refractivity contribution in [1.82, 2.24) is 10.2 Å². The third-order valence-electron chi connectivity index (χ3n) is 8.22. The number of nitrogens with zero attached hydrogens (tertiary/aromatic N) is 4. The number of carbonyl (C=O) groups excluding carboxylic acids is 2. The van der Waals surface area contributed by atoms with E-state index in [-0.39, 0.29) is 24.0 Å². The van der Waals surface area contributed by atoms with Gasteiger partial charge in [0.15, 0.2) is 0 Å². The Balaban J connectivity index is 1.28. The van der Waals surface area contributed by atoms with Gasteiger partial charge in [-0.15, -0.1) is 0 Å². The van der Waals surface area contributed by atoms with Crippen molar-refractivity contribution in [1.29, 1.82) is 0 Å². The molecule has 0 saturated carbocycles. The monoisotopic (exact) mass is 589 g/mol. The molecule has 1 aliphatic heterocycles. The second-order valence-corrected chi connectivity index (χ2v) is 11.4. The summed E-state index contributed by atoms with van der Waals surface area (Å²) in [5.74, 6) is -0.251. The molecule has 5 rings (SSSR count). The first-order valence-electron chi connectivity index (χ1n) is 15.4. The van der Waals surface area contributed by atoms with Gasteiger partial charge in [0.05, 0.1) is 12.7 Å². The Morgan fingerprint density at radius 1 is 0.909 bits per heavy atom. The number of likely N-dealkylation sites (tertiary alicyclic amines) is 1. The van der Waals surface area contributed by atoms with Crippen molar-refractivity contribution in [3.63, 3.8) is 0 Å². The summed E-state index contributed by atoms with van der Waals surface area (Å²) in [6, 6.07) is 33.5. The molecule has 44 heavy (non-hydrogen) atoms. The molecule has 4 aromatic rings. The fourth-order valence-corrected chi connectivity index (χ4v) is 5.94. The van der Waals surface area contributed by atoms with E-state index in [9.17, 15) is 9.59 Å². The average Bonchev–Trinajstić information content (AvgIpc) is 3.48. The molecule has 3 atom stereocenters. The van der Waals surface area contributed by atoms with Crippen LogP contribution in [0, 0.1) is 0 Å². The lowest BCUT2D eigenvalue weighted by atomic mass is 10.0. The molecule has 8 heteroatoms. The highest BCUT2D eigenvalue weighted by molar-refractivity contribution is 5.88. The zero-order valence-electron chi connectivity index (χ0n) is 24.9. The first-order chi connectivity index (χ1) is 21.6. The highest BCUT2D eigenvalue weighted by atomic mass is 16.5. The van der Waals surface area contributed by atoms with Crippen LogP contribution in [-0.2, 0) is 33.8 Å². The van der Waals surface area contributed by atoms with Crippen molar-refractivity contribution in [2.75, 3.05) is 13.1 Å². The molecule has 1 fully saturated rings. The first-order valence-corrected chi connectivity index (χ1v) is 15.4. The number of rotatable bonds is 14. The van der Waals surface area contributed by atoms with Crippen molar-refractivity contribution in [2.45, 2.75) is 63.3 Å². The number of carbonyl (C=O) groups is 2. The van der Waals surface area contributed by atoms with Crippen LogP contribution in [0.5, 0.6) is 0 Å². The Labute approximate surface area is 258 Å². The van der Waals surface area contributed by atoms with Crippen LogP contribution < -0.4 is 5.32 Å². The van der Waals surface area contributed by atoms with Gasteiger partial charge in [0.2, 0.25) is 11.8 Å². The minimum absolute atomic E-state index is 0.0718. The van der Waals surface area contributed by atoms with Crippen LogP contribution in [0.2, 0.25) is 0 Å². The summed E-state index contributed by atoms with van der Waals surface area (Å²) in [4.78, 5) is 32.1. The van der Waals surface area contributed by atoms with Gasteiger partial charge in [-0.25, -0.2) is 0 Å². The number of hydrogen-bond donors (Lipinski definition) is 1. The van der Waals surface area contributed by atoms with Gasteiger partial charge in [-0.3, -0.25) is 9.59 Å². The number of hydrogen-bond acceptors (Lipinski definition) is 4. The number of benzene rings is 4. The summed E-state index contributed by atoms with van der Waals surface area (Å²) in [6.45, 7) is 1.28. The number of azide groups is 1. The van der Waals surface area contributed by atoms with E-state index >= 15 is 0 Å². The van der Waals surface area contributed by atoms with Crippen LogP contribution in [0.25, 0.3) is 21.2 Å². The second kappa shape index (κ2) is 15.7. The van der Waals surface area contributed by atoms with Crippen LogP contribution in [0.1, 0.15) is 42.4 Å². The summed E-state index contributed by atoms with van der Waals surface area (Å²) in [7, 11) is 0. The van der Waals surface area contributed by atoms with Crippen molar-refractivity contribution < 1.29 is 14.3 Å². The second-order valence-electron chi connectivity index (χ2n) is 11.4. The summed E-state index contributed by atoms with van der Waals surface area (Å²) < 4.78 is 6.38. The van der Waals surface area contributed by atoms with Crippen LogP contribution >= 0.6 is 0 Å². The van der Waals surface area contributed by atoms with Crippen molar-refractivity contribution in [3.8, 4) is 0 Å². The van der Waals surface area contributed by atoms with Crippen LogP contribution in [0.15, 0.2) is 108 Å². The summed E-state index contributed by atoms with van der Waals surface area (Å²) >= 11 is 0. The van der Waals surface area contributed by atoms with E-state index in [2.05, 4.69) is 45.7 Å². The van der Waals surface area contributed by atoms with E-state index in [0.29, 0.717) is 58.2 Å². The van der Waals surface area contributed by atoms with E-state index in [1.807, 2.05) is 77.7 Å². The maximum absolute atomic E-state index is 14.2. The Morgan fingerprint density at radius 2 is 1.61 bits per heavy atom. The molecule has 0 spiro atoms. The summed E-state index contributed by atoms with van der Waals surface area (Å²) in [5.41, 5.74) is 11.9. The van der Waals surface area contributed by atoms with E-state index in [1.54, 1.807) is 0 Å². The van der Waals surface area contributed by atoms with Gasteiger partial charge in [-0.2, -0.15) is 0 Å². The number of ether oxygens (including phenoxy) is 1. The van der Waals surface area contributed by atoms with Gasteiger partial charge >= 0.3 is 0 Å². The predicted octanol–water partition coefficient (Wildman–Crippen LogP) is 6.78. The lowest BCUT2D eigenvalue weighted by molar-refractivity contribution is -0.137. The Hall–Kier alpha value is -4.65. The maximum atomic E-state index is 14.2. The molecule has 4 aromatic carbocycles. The number of nitrogens with one attached hydrogen (secondary N) is 1. The Bertz CT molecular complexity index is 1570. The van der Waals surface area contributed by atoms with E-state index in [4.69, 9.17) is 10.3 Å². The summed E-state index contributed by atoms with van der Waals surface area (Å²) in [6.07, 6.45) is 3.23. The molecule has 1 saturated heterocycles. The van der Waals surface area contributed by atoms with E-state index < -0.39 is 6.04 Å². The van der Waals surface area contributed by atoms with E-state index in [0.717, 1.165) is 16.7 Å². The highest BCUT2D eigenvalue weighted by Crippen LogP contribution is 2.27. The van der Waals surface area contributed by atoms with E-state index in [1.165, 1.54) is 10.8 Å². The SMILES string of the molecule is [N-]=[N+]=NCCC[C@H]1C[C@@H](OCc2ccc3ccccc3c2)CN1C(=O)[C@@H](Cc1ccccc1)NC(=O)CCc1ccccc1. The lowest BCUT2D eigenvalue weighted by Crippen LogP contribution is -2.51. The minimum Gasteiger partial charge on any atom is -0.372 e. The topological polar surface area (TPSA) is 107 Å². The molecule has 2 amide bonds. The number of amides is 2. The van der Waals surface area contributed by atoms with Crippen molar-refractivity contribution in [3.05, 3.63) is 130 Å². The van der Waals surface area contributed by atoms with Crippen molar-refractivity contribution >= 4 is 22.6 Å². The van der Waals surface area contributed by atoms with Crippen molar-refractivity contribution in [2.24, 2.45) is 5.11 Å². The first kappa shape index (κ1) is 30.8. The Kier molecular flexibility index (Phi) is 11.0. The minimum atomic E-state index is -0.695. The van der Waals surface area contributed by atoms with Gasteiger partial charge in [-0.1, -0.05) is 102 Å². The van der Waals surface area contributed by atoms with Gasteiger partial charge in [0, 0.05) is 36.9 Å². The fraction of sp³-hybridized carbons (Fsp3) is 0.333. The lowest BCUT2D eigenvalue weighted by Gasteiger charge is -2.29. The third kappa shape index (κ3) is 8.69. The Morgan fingerprint density at radius 3 is 2.36 bits per heavy atom. The fourth-order valence-electron chi connectivity index (χ4n) is 5.94. The molecule has 0 radical (unpaired) electrons. The average molecular weight is 590 g/mol. The molecule has 0 bridgehead atoms. The number of fused-ring (bicyclic) bond motifs is 1. The predicted molar refractivity (Wildman–Crippen MR) is 173 cm³/mol. The molecule has 0 aliphatic carbocycles. The maximum Gasteiger partial charge on any atom is 0.245 e. The smallest absolute Gasteiger partial charge is 0.245 e. The normalized spacial score (nSPS) is 16.8. The van der Waals surface area contributed by atoms with Gasteiger partial charge in [0.25, 0.3) is 0 Å². The molecule has 1 aliphatic rings. The molecule has 1 heterocycles. The van der Waals surface area contributed by atoms with Crippen LogP contribution in [-0.4, -0.2) is 48.0 Å². The summed E-state index contributed by atoms with van der Waals surface area (Å²) in [5, 5.41) is 9.10. The molecular formula is C36H39N5O3. The number of aryl methyl sites for hydroxylation is 1. The van der Waals surface area contributed by atoms with Crippen LogP contribution in [0.3, 0.4) is 0 Å². The molecule has 1 N–H and O–H groups in total. The highest BCUT2D eigenvalue weighted by Gasteiger charge is 2.38. The zero-order chi connectivity index (χ0) is 30.6. The molecule has 8 nitrogen and oxygen atoms in total. The standard InChI is InChI=1S/C36H39N5O3/c37-40-38-21-9-16-32-24-33(44-26-29-17-19-30-14-7-8-15-31(30)22-29)25-41(32)36(43)34(23-28-12-5-2-6-13-28)39-35(42)20-18-27-10-3-1-4-11-27/h1-8,10-15,17,19,22,32-34H,9,16,18,20-21,23-26H2,(H,39,42)/t32-,33+,34+/m0/s1. The van der Waals surface area contributed by atoms with Crippen LogP contribution in [0.4, 0.5) is 0 Å².